The number of sulfone groups is 1. The number of nitrogens with zero attached hydrogens (tertiary/aromatic N) is 3. The quantitative estimate of drug-likeness (QED) is 0.732. The summed E-state index contributed by atoms with van der Waals surface area (Å²) in [5.74, 6) is 2.23. The first-order chi connectivity index (χ1) is 13.2. The molecule has 1 aliphatic heterocycles. The van der Waals surface area contributed by atoms with Crippen molar-refractivity contribution in [1.82, 2.24) is 9.97 Å². The molecule has 0 aliphatic carbocycles. The standard InChI is InChI=1S/C21H29N3O3S/c1-15(2)18-13-22-21(23-14-18)24-10-8-17(9-11-24)16(3)27-19-6-5-7-20(12-19)28(4,25)26/h5-7,12-17H,8-11H2,1-4H3. The lowest BCUT2D eigenvalue weighted by Gasteiger charge is -2.35. The molecule has 0 saturated carbocycles. The first kappa shape index (κ1) is 20.6. The Labute approximate surface area is 167 Å². The second-order valence-corrected chi connectivity index (χ2v) is 9.88. The Hall–Kier alpha value is -2.15. The maximum Gasteiger partial charge on any atom is 0.225 e. The van der Waals surface area contributed by atoms with Gasteiger partial charge in [-0.15, -0.1) is 0 Å². The van der Waals surface area contributed by atoms with Gasteiger partial charge in [0.15, 0.2) is 9.84 Å². The van der Waals surface area contributed by atoms with Crippen molar-refractivity contribution >= 4 is 15.8 Å². The zero-order chi connectivity index (χ0) is 20.3. The molecule has 3 rings (SSSR count). The molecule has 1 aromatic heterocycles. The summed E-state index contributed by atoms with van der Waals surface area (Å²) < 4.78 is 29.5. The highest BCUT2D eigenvalue weighted by Gasteiger charge is 2.26. The molecule has 2 heterocycles. The summed E-state index contributed by atoms with van der Waals surface area (Å²) in [5.41, 5.74) is 1.15. The van der Waals surface area contributed by atoms with Crippen LogP contribution in [0.4, 0.5) is 5.95 Å². The van der Waals surface area contributed by atoms with Gasteiger partial charge in [0.05, 0.1) is 11.0 Å². The molecule has 0 amide bonds. The number of piperidine rings is 1. The second kappa shape index (κ2) is 8.47. The molecule has 28 heavy (non-hydrogen) atoms. The van der Waals surface area contributed by atoms with E-state index in [2.05, 4.69) is 35.6 Å². The summed E-state index contributed by atoms with van der Waals surface area (Å²) in [6, 6.07) is 6.73. The van der Waals surface area contributed by atoms with Crippen molar-refractivity contribution in [3.05, 3.63) is 42.2 Å². The minimum absolute atomic E-state index is 0.0150. The van der Waals surface area contributed by atoms with Gasteiger partial charge in [-0.2, -0.15) is 0 Å². The van der Waals surface area contributed by atoms with Crippen LogP contribution in [0.5, 0.6) is 5.75 Å². The average molecular weight is 404 g/mol. The summed E-state index contributed by atoms with van der Waals surface area (Å²) in [6.45, 7) is 8.11. The zero-order valence-corrected chi connectivity index (χ0v) is 17.8. The van der Waals surface area contributed by atoms with Crippen molar-refractivity contribution in [2.24, 2.45) is 5.92 Å². The van der Waals surface area contributed by atoms with E-state index < -0.39 is 9.84 Å². The third-order valence-corrected chi connectivity index (χ3v) is 6.48. The third kappa shape index (κ3) is 5.01. The first-order valence-electron chi connectivity index (χ1n) is 9.77. The molecule has 0 spiro atoms. The molecule has 1 aliphatic rings. The fourth-order valence-corrected chi connectivity index (χ4v) is 4.11. The zero-order valence-electron chi connectivity index (χ0n) is 17.0. The molecule has 0 radical (unpaired) electrons. The Bertz CT molecular complexity index is 889. The van der Waals surface area contributed by atoms with Gasteiger partial charge in [0.1, 0.15) is 5.75 Å². The Balaban J connectivity index is 1.57. The maximum absolute atomic E-state index is 11.7. The lowest BCUT2D eigenvalue weighted by Crippen LogP contribution is -2.39. The normalized spacial score (nSPS) is 17.0. The van der Waals surface area contributed by atoms with E-state index >= 15 is 0 Å². The van der Waals surface area contributed by atoms with E-state index in [1.54, 1.807) is 18.2 Å². The highest BCUT2D eigenvalue weighted by molar-refractivity contribution is 7.90. The number of anilines is 1. The van der Waals surface area contributed by atoms with Gasteiger partial charge in [0, 0.05) is 31.7 Å². The van der Waals surface area contributed by atoms with Gasteiger partial charge >= 0.3 is 0 Å². The van der Waals surface area contributed by atoms with Crippen molar-refractivity contribution in [2.45, 2.75) is 50.5 Å². The molecular formula is C21H29N3O3S. The van der Waals surface area contributed by atoms with Crippen LogP contribution in [0, 0.1) is 5.92 Å². The Kier molecular flexibility index (Phi) is 6.23. The molecule has 152 valence electrons. The summed E-state index contributed by atoms with van der Waals surface area (Å²) in [6.07, 6.45) is 7.03. The monoisotopic (exact) mass is 403 g/mol. The van der Waals surface area contributed by atoms with Crippen LogP contribution < -0.4 is 9.64 Å². The SMILES string of the molecule is CC(C)c1cnc(N2CCC(C(C)Oc3cccc(S(C)(=O)=O)c3)CC2)nc1. The van der Waals surface area contributed by atoms with Crippen molar-refractivity contribution in [2.75, 3.05) is 24.2 Å². The van der Waals surface area contributed by atoms with Gasteiger partial charge in [0.25, 0.3) is 0 Å². The second-order valence-electron chi connectivity index (χ2n) is 7.87. The molecule has 2 aromatic rings. The van der Waals surface area contributed by atoms with Gasteiger partial charge in [-0.1, -0.05) is 19.9 Å². The predicted molar refractivity (Wildman–Crippen MR) is 111 cm³/mol. The van der Waals surface area contributed by atoms with Crippen LogP contribution in [0.15, 0.2) is 41.6 Å². The molecule has 6 nitrogen and oxygen atoms in total. The molecule has 1 fully saturated rings. The van der Waals surface area contributed by atoms with Gasteiger partial charge in [-0.05, 0) is 55.4 Å². The Morgan fingerprint density at radius 3 is 2.32 bits per heavy atom. The fourth-order valence-electron chi connectivity index (χ4n) is 3.45. The van der Waals surface area contributed by atoms with E-state index in [4.69, 9.17) is 4.74 Å². The minimum Gasteiger partial charge on any atom is -0.490 e. The summed E-state index contributed by atoms with van der Waals surface area (Å²) in [5, 5.41) is 0. The summed E-state index contributed by atoms with van der Waals surface area (Å²) in [7, 11) is -3.23. The number of benzene rings is 1. The van der Waals surface area contributed by atoms with E-state index in [0.717, 1.165) is 37.4 Å². The molecule has 7 heteroatoms. The van der Waals surface area contributed by atoms with Crippen molar-refractivity contribution in [3.8, 4) is 5.75 Å². The Morgan fingerprint density at radius 2 is 1.75 bits per heavy atom. The topological polar surface area (TPSA) is 72.4 Å². The van der Waals surface area contributed by atoms with Crippen LogP contribution in [-0.2, 0) is 9.84 Å². The van der Waals surface area contributed by atoms with Crippen molar-refractivity contribution < 1.29 is 13.2 Å². The van der Waals surface area contributed by atoms with E-state index in [1.165, 1.54) is 6.26 Å². The van der Waals surface area contributed by atoms with Crippen molar-refractivity contribution in [3.63, 3.8) is 0 Å². The minimum atomic E-state index is -3.23. The average Bonchev–Trinajstić information content (AvgIpc) is 2.68. The first-order valence-corrected chi connectivity index (χ1v) is 11.7. The van der Waals surface area contributed by atoms with Crippen LogP contribution in [0.1, 0.15) is 45.1 Å². The van der Waals surface area contributed by atoms with Crippen LogP contribution in [0.2, 0.25) is 0 Å². The van der Waals surface area contributed by atoms with E-state index in [0.29, 0.717) is 17.6 Å². The molecule has 1 saturated heterocycles. The highest BCUT2D eigenvalue weighted by atomic mass is 32.2. The van der Waals surface area contributed by atoms with Crippen LogP contribution >= 0.6 is 0 Å². The summed E-state index contributed by atoms with van der Waals surface area (Å²) in [4.78, 5) is 11.5. The molecule has 1 aromatic carbocycles. The number of hydrogen-bond acceptors (Lipinski definition) is 6. The molecular weight excluding hydrogens is 374 g/mol. The predicted octanol–water partition coefficient (Wildman–Crippen LogP) is 3.69. The third-order valence-electron chi connectivity index (χ3n) is 5.37. The van der Waals surface area contributed by atoms with Gasteiger partial charge in [-0.3, -0.25) is 0 Å². The van der Waals surface area contributed by atoms with E-state index in [-0.39, 0.29) is 11.0 Å². The lowest BCUT2D eigenvalue weighted by atomic mass is 9.92. The van der Waals surface area contributed by atoms with Gasteiger partial charge < -0.3 is 9.64 Å². The van der Waals surface area contributed by atoms with Crippen LogP contribution in [0.3, 0.4) is 0 Å². The van der Waals surface area contributed by atoms with Gasteiger partial charge in [-0.25, -0.2) is 18.4 Å². The largest absolute Gasteiger partial charge is 0.490 e. The molecule has 1 atom stereocenters. The Morgan fingerprint density at radius 1 is 1.11 bits per heavy atom. The van der Waals surface area contributed by atoms with E-state index in [1.807, 2.05) is 18.5 Å². The number of rotatable bonds is 6. The van der Waals surface area contributed by atoms with Crippen LogP contribution in [0.25, 0.3) is 0 Å². The maximum atomic E-state index is 11.7. The highest BCUT2D eigenvalue weighted by Crippen LogP contribution is 2.27. The molecule has 0 N–H and O–H groups in total. The number of hydrogen-bond donors (Lipinski definition) is 0. The lowest BCUT2D eigenvalue weighted by molar-refractivity contribution is 0.132. The molecule has 0 bridgehead atoms. The number of ether oxygens (including phenoxy) is 1. The fraction of sp³-hybridized carbons (Fsp3) is 0.524. The van der Waals surface area contributed by atoms with Gasteiger partial charge in [0.2, 0.25) is 5.95 Å². The number of aromatic nitrogens is 2. The summed E-state index contributed by atoms with van der Waals surface area (Å²) >= 11 is 0. The molecule has 1 unspecified atom stereocenters. The van der Waals surface area contributed by atoms with Crippen LogP contribution in [-0.4, -0.2) is 43.8 Å². The van der Waals surface area contributed by atoms with Crippen molar-refractivity contribution in [1.29, 1.82) is 0 Å². The van der Waals surface area contributed by atoms with E-state index in [9.17, 15) is 8.42 Å². The smallest absolute Gasteiger partial charge is 0.225 e.